The van der Waals surface area contributed by atoms with Crippen LogP contribution in [0, 0.1) is 24.4 Å². The topological polar surface area (TPSA) is 45.2 Å². The first-order chi connectivity index (χ1) is 10.4. The van der Waals surface area contributed by atoms with E-state index in [9.17, 15) is 18.0 Å². The predicted molar refractivity (Wildman–Crippen MR) is 76.9 cm³/mol. The summed E-state index contributed by atoms with van der Waals surface area (Å²) >= 11 is 1.47. The van der Waals surface area contributed by atoms with Crippen molar-refractivity contribution in [3.8, 4) is 0 Å². The van der Waals surface area contributed by atoms with Crippen molar-refractivity contribution >= 4 is 17.4 Å². The summed E-state index contributed by atoms with van der Waals surface area (Å²) in [7, 11) is 1.47. The van der Waals surface area contributed by atoms with Gasteiger partial charge in [0.1, 0.15) is 5.01 Å². The Balaban J connectivity index is 1.93. The number of carbonyl (C=O) groups is 1. The number of halogens is 3. The molecule has 118 valence electrons. The van der Waals surface area contributed by atoms with E-state index in [0.29, 0.717) is 0 Å². The van der Waals surface area contributed by atoms with Crippen LogP contribution in [0.15, 0.2) is 18.3 Å². The lowest BCUT2D eigenvalue weighted by atomic mass is 10.2. The SMILES string of the molecule is Cc1cnc(CNC(=O)N(C)Cc2cc(F)c(F)c(F)c2)s1. The summed E-state index contributed by atoms with van der Waals surface area (Å²) in [6.45, 7) is 2.14. The molecule has 2 amide bonds. The smallest absolute Gasteiger partial charge is 0.317 e. The fraction of sp³-hybridized carbons (Fsp3) is 0.286. The molecule has 0 saturated carbocycles. The molecule has 2 aromatic rings. The number of hydrogen-bond acceptors (Lipinski definition) is 3. The van der Waals surface area contributed by atoms with E-state index in [1.807, 2.05) is 6.92 Å². The van der Waals surface area contributed by atoms with Gasteiger partial charge in [0.05, 0.1) is 6.54 Å². The maximum Gasteiger partial charge on any atom is 0.317 e. The number of carbonyl (C=O) groups excluding carboxylic acids is 1. The maximum atomic E-state index is 13.1. The van der Waals surface area contributed by atoms with Gasteiger partial charge in [-0.15, -0.1) is 11.3 Å². The summed E-state index contributed by atoms with van der Waals surface area (Å²) in [6, 6.07) is 1.32. The highest BCUT2D eigenvalue weighted by Gasteiger charge is 2.14. The Hall–Kier alpha value is -2.09. The van der Waals surface area contributed by atoms with E-state index in [1.165, 1.54) is 23.3 Å². The van der Waals surface area contributed by atoms with Gasteiger partial charge >= 0.3 is 6.03 Å². The molecule has 2 rings (SSSR count). The summed E-state index contributed by atoms with van der Waals surface area (Å²) in [4.78, 5) is 18.3. The number of aryl methyl sites for hydroxylation is 1. The molecule has 1 aromatic heterocycles. The zero-order valence-electron chi connectivity index (χ0n) is 12.0. The molecular formula is C14H14F3N3OS. The lowest BCUT2D eigenvalue weighted by Gasteiger charge is -2.18. The number of urea groups is 1. The lowest BCUT2D eigenvalue weighted by molar-refractivity contribution is 0.206. The zero-order chi connectivity index (χ0) is 16.3. The number of aromatic nitrogens is 1. The molecule has 1 N–H and O–H groups in total. The van der Waals surface area contributed by atoms with Crippen LogP contribution >= 0.6 is 11.3 Å². The Kier molecular flexibility index (Phi) is 5.02. The van der Waals surface area contributed by atoms with E-state index in [0.717, 1.165) is 22.0 Å². The molecule has 0 spiro atoms. The molecule has 0 radical (unpaired) electrons. The van der Waals surface area contributed by atoms with Gasteiger partial charge in [-0.05, 0) is 24.6 Å². The van der Waals surface area contributed by atoms with Crippen LogP contribution in [-0.2, 0) is 13.1 Å². The number of amides is 2. The lowest BCUT2D eigenvalue weighted by Crippen LogP contribution is -2.36. The van der Waals surface area contributed by atoms with E-state index < -0.39 is 23.5 Å². The summed E-state index contributed by atoms with van der Waals surface area (Å²) < 4.78 is 39.1. The normalized spacial score (nSPS) is 10.6. The molecule has 0 bridgehead atoms. The van der Waals surface area contributed by atoms with E-state index in [1.54, 1.807) is 6.20 Å². The number of thiazole rings is 1. The monoisotopic (exact) mass is 329 g/mol. The quantitative estimate of drug-likeness (QED) is 0.876. The van der Waals surface area contributed by atoms with E-state index >= 15 is 0 Å². The molecular weight excluding hydrogens is 315 g/mol. The van der Waals surface area contributed by atoms with Crippen molar-refractivity contribution in [1.82, 2.24) is 15.2 Å². The van der Waals surface area contributed by atoms with Gasteiger partial charge in [-0.1, -0.05) is 0 Å². The fourth-order valence-electron chi connectivity index (χ4n) is 1.81. The summed E-state index contributed by atoms with van der Waals surface area (Å²) in [6.07, 6.45) is 1.71. The number of benzene rings is 1. The van der Waals surface area contributed by atoms with Gasteiger partial charge in [0.15, 0.2) is 17.5 Å². The van der Waals surface area contributed by atoms with Crippen LogP contribution in [0.1, 0.15) is 15.4 Å². The van der Waals surface area contributed by atoms with Crippen LogP contribution in [0.5, 0.6) is 0 Å². The molecule has 0 saturated heterocycles. The molecule has 22 heavy (non-hydrogen) atoms. The second-order valence-electron chi connectivity index (χ2n) is 4.75. The third-order valence-corrected chi connectivity index (χ3v) is 3.78. The van der Waals surface area contributed by atoms with Crippen LogP contribution in [0.2, 0.25) is 0 Å². The first-order valence-electron chi connectivity index (χ1n) is 6.40. The Morgan fingerprint density at radius 3 is 2.50 bits per heavy atom. The van der Waals surface area contributed by atoms with Crippen molar-refractivity contribution < 1.29 is 18.0 Å². The number of nitrogens with zero attached hydrogens (tertiary/aromatic N) is 2. The summed E-state index contributed by atoms with van der Waals surface area (Å²) in [5, 5.41) is 3.41. The molecule has 0 atom stereocenters. The Bertz CT molecular complexity index is 667. The largest absolute Gasteiger partial charge is 0.331 e. The number of hydrogen-bond donors (Lipinski definition) is 1. The van der Waals surface area contributed by atoms with E-state index in [4.69, 9.17) is 0 Å². The van der Waals surface area contributed by atoms with Crippen LogP contribution < -0.4 is 5.32 Å². The van der Waals surface area contributed by atoms with Crippen LogP contribution in [0.25, 0.3) is 0 Å². The van der Waals surface area contributed by atoms with E-state index in [-0.39, 0.29) is 18.7 Å². The van der Waals surface area contributed by atoms with Gasteiger partial charge in [-0.3, -0.25) is 0 Å². The molecule has 0 aliphatic heterocycles. The van der Waals surface area contributed by atoms with Crippen molar-refractivity contribution in [1.29, 1.82) is 0 Å². The highest BCUT2D eigenvalue weighted by Crippen LogP contribution is 2.15. The van der Waals surface area contributed by atoms with Gasteiger partial charge in [0.25, 0.3) is 0 Å². The summed E-state index contributed by atoms with van der Waals surface area (Å²) in [5.74, 6) is -4.07. The molecule has 4 nitrogen and oxygen atoms in total. The molecule has 1 aromatic carbocycles. The third-order valence-electron chi connectivity index (χ3n) is 2.87. The molecule has 0 aliphatic rings. The maximum absolute atomic E-state index is 13.1. The van der Waals surface area contributed by atoms with Crippen molar-refractivity contribution in [2.45, 2.75) is 20.0 Å². The Labute approximate surface area is 129 Å². The average Bonchev–Trinajstić information content (AvgIpc) is 2.87. The molecule has 0 aliphatic carbocycles. The highest BCUT2D eigenvalue weighted by atomic mass is 32.1. The van der Waals surface area contributed by atoms with Crippen molar-refractivity contribution in [3.05, 3.63) is 51.2 Å². The van der Waals surface area contributed by atoms with Crippen LogP contribution in [-0.4, -0.2) is 23.0 Å². The predicted octanol–water partition coefficient (Wildman–Crippen LogP) is 3.21. The number of rotatable bonds is 4. The average molecular weight is 329 g/mol. The van der Waals surface area contributed by atoms with Gasteiger partial charge < -0.3 is 10.2 Å². The second-order valence-corrected chi connectivity index (χ2v) is 6.07. The van der Waals surface area contributed by atoms with Crippen molar-refractivity contribution in [3.63, 3.8) is 0 Å². The molecule has 0 fully saturated rings. The summed E-state index contributed by atoms with van der Waals surface area (Å²) in [5.41, 5.74) is 0.166. The van der Waals surface area contributed by atoms with Gasteiger partial charge in [0.2, 0.25) is 0 Å². The minimum atomic E-state index is -1.52. The Morgan fingerprint density at radius 1 is 1.32 bits per heavy atom. The highest BCUT2D eigenvalue weighted by molar-refractivity contribution is 7.11. The molecule has 1 heterocycles. The molecule has 8 heteroatoms. The zero-order valence-corrected chi connectivity index (χ0v) is 12.8. The fourth-order valence-corrected chi connectivity index (χ4v) is 2.54. The van der Waals surface area contributed by atoms with E-state index in [2.05, 4.69) is 10.3 Å². The van der Waals surface area contributed by atoms with Gasteiger partial charge in [-0.25, -0.2) is 22.9 Å². The van der Waals surface area contributed by atoms with Crippen LogP contribution in [0.3, 0.4) is 0 Å². The number of nitrogens with one attached hydrogen (secondary N) is 1. The first kappa shape index (κ1) is 16.3. The second kappa shape index (κ2) is 6.78. The minimum absolute atomic E-state index is 0.0448. The first-order valence-corrected chi connectivity index (χ1v) is 7.22. The van der Waals surface area contributed by atoms with Gasteiger partial charge in [0, 0.05) is 24.7 Å². The minimum Gasteiger partial charge on any atom is -0.331 e. The molecule has 0 unspecified atom stereocenters. The van der Waals surface area contributed by atoms with Crippen molar-refractivity contribution in [2.75, 3.05) is 7.05 Å². The third kappa shape index (κ3) is 3.97. The van der Waals surface area contributed by atoms with Crippen molar-refractivity contribution in [2.24, 2.45) is 0 Å². The van der Waals surface area contributed by atoms with Gasteiger partial charge in [-0.2, -0.15) is 0 Å². The Morgan fingerprint density at radius 2 is 1.95 bits per heavy atom. The standard InChI is InChI=1S/C14H14F3N3OS/c1-8-5-18-12(22-8)6-19-14(21)20(2)7-9-3-10(15)13(17)11(16)4-9/h3-5H,6-7H2,1-2H3,(H,19,21). The van der Waals surface area contributed by atoms with Crippen LogP contribution in [0.4, 0.5) is 18.0 Å².